The number of carboxylic acid groups (broad SMARTS) is 1. The molecule has 0 aliphatic heterocycles. The Hall–Kier alpha value is -1.33. The maximum atomic E-state index is 14.2. The molecule has 0 bridgehead atoms. The zero-order valence-corrected chi connectivity index (χ0v) is 19.5. The summed E-state index contributed by atoms with van der Waals surface area (Å²) >= 11 is 7.21. The van der Waals surface area contributed by atoms with Gasteiger partial charge in [-0.15, -0.1) is 11.3 Å². The molecule has 1 aromatic heterocycles. The first-order valence-electron chi connectivity index (χ1n) is 9.09. The second-order valence-corrected chi connectivity index (χ2v) is 11.5. The van der Waals surface area contributed by atoms with Crippen LogP contribution < -0.4 is 9.97 Å². The summed E-state index contributed by atoms with van der Waals surface area (Å²) in [5.74, 6) is -1.04. The number of benzene rings is 1. The number of hydrogen-bond acceptors (Lipinski definition) is 4. The minimum atomic E-state index is -3.57. The van der Waals surface area contributed by atoms with Crippen LogP contribution in [0.3, 0.4) is 0 Å². The fourth-order valence-electron chi connectivity index (χ4n) is 2.86. The molecule has 0 amide bonds. The van der Waals surface area contributed by atoms with Gasteiger partial charge in [-0.2, -0.15) is 0 Å². The third-order valence-corrected chi connectivity index (χ3v) is 8.72. The van der Waals surface area contributed by atoms with Gasteiger partial charge >= 0.3 is 13.5 Å². The van der Waals surface area contributed by atoms with E-state index in [1.54, 1.807) is 35.9 Å². The lowest BCUT2D eigenvalue weighted by Crippen LogP contribution is -2.34. The predicted molar refractivity (Wildman–Crippen MR) is 118 cm³/mol. The Morgan fingerprint density at radius 2 is 1.86 bits per heavy atom. The summed E-state index contributed by atoms with van der Waals surface area (Å²) in [6.45, 7) is 11.8. The molecule has 1 aromatic carbocycles. The first-order valence-corrected chi connectivity index (χ1v) is 11.9. The van der Waals surface area contributed by atoms with Crippen LogP contribution in [-0.4, -0.2) is 23.7 Å². The molecule has 2 aromatic rings. The molecule has 8 heteroatoms. The molecule has 1 atom stereocenters. The lowest BCUT2D eigenvalue weighted by molar-refractivity contribution is 0.0703. The van der Waals surface area contributed by atoms with Crippen LogP contribution >= 0.6 is 30.5 Å². The van der Waals surface area contributed by atoms with Gasteiger partial charge in [-0.3, -0.25) is 9.24 Å². The lowest BCUT2D eigenvalue weighted by atomic mass is 9.94. The Bertz CT molecular complexity index is 887. The van der Waals surface area contributed by atoms with Gasteiger partial charge in [0.1, 0.15) is 4.88 Å². The van der Waals surface area contributed by atoms with E-state index in [-0.39, 0.29) is 22.9 Å². The van der Waals surface area contributed by atoms with Crippen molar-refractivity contribution in [2.45, 2.75) is 53.0 Å². The van der Waals surface area contributed by atoms with E-state index in [0.29, 0.717) is 16.0 Å². The summed E-state index contributed by atoms with van der Waals surface area (Å²) in [4.78, 5) is 13.1. The van der Waals surface area contributed by atoms with Crippen molar-refractivity contribution in [2.75, 3.05) is 11.3 Å². The molecule has 5 nitrogen and oxygen atoms in total. The van der Waals surface area contributed by atoms with E-state index in [2.05, 4.69) is 0 Å². The zero-order chi connectivity index (χ0) is 21.3. The van der Waals surface area contributed by atoms with Gasteiger partial charge in [-0.25, -0.2) is 4.79 Å². The smallest absolute Gasteiger partial charge is 0.348 e. The van der Waals surface area contributed by atoms with Gasteiger partial charge in [0.25, 0.3) is 0 Å². The number of rotatable bonds is 7. The van der Waals surface area contributed by atoms with Crippen LogP contribution in [-0.2, 0) is 14.5 Å². The highest BCUT2D eigenvalue weighted by Crippen LogP contribution is 2.55. The van der Waals surface area contributed by atoms with Gasteiger partial charge in [0, 0.05) is 15.9 Å². The van der Waals surface area contributed by atoms with Crippen molar-refractivity contribution in [3.05, 3.63) is 45.1 Å². The molecule has 0 saturated carbocycles. The Balaban J connectivity index is 2.75. The van der Waals surface area contributed by atoms with Crippen LogP contribution in [0.5, 0.6) is 0 Å². The zero-order valence-electron chi connectivity index (χ0n) is 17.0. The molecule has 28 heavy (non-hydrogen) atoms. The van der Waals surface area contributed by atoms with Crippen LogP contribution in [0, 0.1) is 0 Å². The maximum Gasteiger partial charge on any atom is 0.348 e. The third kappa shape index (κ3) is 4.62. The monoisotopic (exact) mass is 443 g/mol. The van der Waals surface area contributed by atoms with Crippen molar-refractivity contribution in [1.82, 2.24) is 0 Å². The van der Waals surface area contributed by atoms with Crippen LogP contribution in [0.2, 0.25) is 5.02 Å². The fraction of sp³-hybridized carbons (Fsp3) is 0.450. The Morgan fingerprint density at radius 3 is 2.29 bits per heavy atom. The average molecular weight is 444 g/mol. The number of carboxylic acids is 1. The van der Waals surface area contributed by atoms with E-state index in [0.717, 1.165) is 4.88 Å². The molecule has 0 saturated heterocycles. The summed E-state index contributed by atoms with van der Waals surface area (Å²) in [5.41, 5.74) is 0.190. The molecule has 1 unspecified atom stereocenters. The Labute approximate surface area is 175 Å². The van der Waals surface area contributed by atoms with Gasteiger partial charge in [0.05, 0.1) is 17.6 Å². The summed E-state index contributed by atoms with van der Waals surface area (Å²) < 4.78 is 21.6. The van der Waals surface area contributed by atoms with Gasteiger partial charge in [-0.05, 0) is 56.5 Å². The van der Waals surface area contributed by atoms with Crippen LogP contribution in [0.25, 0.3) is 0 Å². The van der Waals surface area contributed by atoms with E-state index in [1.165, 1.54) is 11.3 Å². The number of halogens is 1. The normalized spacial score (nSPS) is 14.1. The average Bonchev–Trinajstić information content (AvgIpc) is 3.00. The Morgan fingerprint density at radius 1 is 1.29 bits per heavy atom. The minimum Gasteiger partial charge on any atom is -0.477 e. The maximum absolute atomic E-state index is 14.2. The van der Waals surface area contributed by atoms with E-state index in [1.807, 2.05) is 40.7 Å². The van der Waals surface area contributed by atoms with Gasteiger partial charge in [0.2, 0.25) is 0 Å². The topological polar surface area (TPSA) is 66.8 Å². The van der Waals surface area contributed by atoms with Gasteiger partial charge in [0.15, 0.2) is 0 Å². The molecule has 0 radical (unpaired) electrons. The van der Waals surface area contributed by atoms with Crippen molar-refractivity contribution in [1.29, 1.82) is 0 Å². The highest BCUT2D eigenvalue weighted by atomic mass is 35.5. The van der Waals surface area contributed by atoms with Crippen molar-refractivity contribution in [3.63, 3.8) is 0 Å². The molecule has 0 aliphatic rings. The molecule has 1 heterocycles. The van der Waals surface area contributed by atoms with E-state index in [4.69, 9.17) is 16.1 Å². The summed E-state index contributed by atoms with van der Waals surface area (Å²) in [5, 5.41) is 10.8. The number of aromatic carboxylic acids is 1. The fourth-order valence-corrected chi connectivity index (χ4v) is 6.55. The highest BCUT2D eigenvalue weighted by molar-refractivity contribution is 7.68. The van der Waals surface area contributed by atoms with Crippen molar-refractivity contribution < 1.29 is 19.0 Å². The lowest BCUT2D eigenvalue weighted by Gasteiger charge is -2.36. The molecule has 1 N–H and O–H groups in total. The van der Waals surface area contributed by atoms with Crippen molar-refractivity contribution in [3.8, 4) is 0 Å². The van der Waals surface area contributed by atoms with Crippen LogP contribution in [0.15, 0.2) is 30.3 Å². The van der Waals surface area contributed by atoms with Gasteiger partial charge < -0.3 is 9.63 Å². The van der Waals surface area contributed by atoms with Crippen molar-refractivity contribution in [2.24, 2.45) is 0 Å². The molecular weight excluding hydrogens is 417 g/mol. The number of hydrogen-bond donors (Lipinski definition) is 1. The first kappa shape index (κ1) is 23.0. The molecule has 2 rings (SSSR count). The number of carbonyl (C=O) groups is 1. The number of anilines is 1. The van der Waals surface area contributed by atoms with Gasteiger partial charge in [-0.1, -0.05) is 32.4 Å². The van der Waals surface area contributed by atoms with E-state index < -0.39 is 13.5 Å². The molecule has 0 fully saturated rings. The second-order valence-electron chi connectivity index (χ2n) is 7.73. The summed E-state index contributed by atoms with van der Waals surface area (Å²) in [6.07, 6.45) is 0. The minimum absolute atomic E-state index is 0.160. The standard InChI is InChI=1S/C20H27ClNO4PS/c1-7-26-27(25,15-10-8-14(21)9-11-15)22(13(2)3)16-12-17(20(4,5)6)28-18(16)19(23)24/h8-13H,7H2,1-6H3,(H,23,24). The SMILES string of the molecule is CCOP(=O)(c1ccc(Cl)cc1)N(c1cc(C(C)(C)C)sc1C(=O)O)C(C)C. The molecule has 0 aliphatic carbocycles. The quantitative estimate of drug-likeness (QED) is 0.518. The van der Waals surface area contributed by atoms with Crippen molar-refractivity contribution >= 4 is 47.4 Å². The largest absolute Gasteiger partial charge is 0.477 e. The molecule has 154 valence electrons. The molecule has 0 spiro atoms. The number of thiophene rings is 1. The predicted octanol–water partition coefficient (Wildman–Crippen LogP) is 6.17. The molecular formula is C20H27ClNO4PS. The summed E-state index contributed by atoms with van der Waals surface area (Å²) in [6, 6.07) is 8.24. The van der Waals surface area contributed by atoms with E-state index in [9.17, 15) is 14.5 Å². The van der Waals surface area contributed by atoms with Crippen LogP contribution in [0.1, 0.15) is 56.1 Å². The number of nitrogens with zero attached hydrogens (tertiary/aromatic N) is 1. The Kier molecular flexibility index (Phi) is 7.03. The first-order chi connectivity index (χ1) is 12.9. The summed E-state index contributed by atoms with van der Waals surface area (Å²) in [7, 11) is -3.57. The highest BCUT2D eigenvalue weighted by Gasteiger charge is 2.39. The van der Waals surface area contributed by atoms with E-state index >= 15 is 0 Å². The van der Waals surface area contributed by atoms with Crippen LogP contribution in [0.4, 0.5) is 5.69 Å². The second kappa shape index (κ2) is 8.58. The third-order valence-electron chi connectivity index (χ3n) is 4.12.